The molecule has 0 heterocycles. The highest BCUT2D eigenvalue weighted by Crippen LogP contribution is 2.16. The summed E-state index contributed by atoms with van der Waals surface area (Å²) in [4.78, 5) is 11.4. The second-order valence-electron chi connectivity index (χ2n) is 4.20. The van der Waals surface area contributed by atoms with E-state index in [-0.39, 0.29) is 4.90 Å². The lowest BCUT2D eigenvalue weighted by Crippen LogP contribution is -2.27. The fourth-order valence-electron chi connectivity index (χ4n) is 1.56. The van der Waals surface area contributed by atoms with E-state index in [9.17, 15) is 13.2 Å². The number of hydrogen-bond acceptors (Lipinski definition) is 4. The topological polar surface area (TPSA) is 63.7 Å². The number of benzene rings is 1. The van der Waals surface area contributed by atoms with Crippen LogP contribution in [0.25, 0.3) is 0 Å². The van der Waals surface area contributed by atoms with Gasteiger partial charge in [0.25, 0.3) is 0 Å². The summed E-state index contributed by atoms with van der Waals surface area (Å²) in [5.41, 5.74) is 0.331. The summed E-state index contributed by atoms with van der Waals surface area (Å²) >= 11 is 0. The Morgan fingerprint density at radius 3 is 2.32 bits per heavy atom. The van der Waals surface area contributed by atoms with E-state index < -0.39 is 16.0 Å². The maximum atomic E-state index is 12.2. The average Bonchev–Trinajstić information content (AvgIpc) is 2.43. The summed E-state index contributed by atoms with van der Waals surface area (Å²) in [6, 6.07) is 5.74. The number of esters is 1. The molecule has 5 nitrogen and oxygen atoms in total. The van der Waals surface area contributed by atoms with E-state index in [0.29, 0.717) is 12.1 Å². The molecule has 0 amide bonds. The van der Waals surface area contributed by atoms with Gasteiger partial charge in [0.1, 0.15) is 0 Å². The summed E-state index contributed by atoms with van der Waals surface area (Å²) in [7, 11) is -0.641. The van der Waals surface area contributed by atoms with Crippen LogP contribution in [0.15, 0.2) is 29.2 Å². The number of methoxy groups -OCH3 is 1. The predicted molar refractivity (Wildman–Crippen MR) is 72.5 cm³/mol. The second-order valence-corrected chi connectivity index (χ2v) is 6.24. The van der Waals surface area contributed by atoms with Crippen LogP contribution in [0.2, 0.25) is 0 Å². The monoisotopic (exact) mass is 285 g/mol. The lowest BCUT2D eigenvalue weighted by Gasteiger charge is -2.16. The Bertz CT molecular complexity index is 522. The van der Waals surface area contributed by atoms with Gasteiger partial charge in [0.05, 0.1) is 17.6 Å². The van der Waals surface area contributed by atoms with E-state index in [1.165, 1.54) is 35.7 Å². The number of hydrogen-bond donors (Lipinski definition) is 0. The van der Waals surface area contributed by atoms with Crippen LogP contribution >= 0.6 is 0 Å². The number of carbonyl (C=O) groups excluding carboxylic acids is 1. The molecule has 0 aliphatic carbocycles. The molecule has 1 rings (SSSR count). The standard InChI is InChI=1S/C13H19NO4S/c1-4-5-10-14(2)19(16,17)12-8-6-11(7-9-12)13(15)18-3/h6-9H,4-5,10H2,1-3H3. The summed E-state index contributed by atoms with van der Waals surface area (Å²) in [5.74, 6) is -0.483. The zero-order valence-electron chi connectivity index (χ0n) is 11.4. The summed E-state index contributed by atoms with van der Waals surface area (Å²) in [5, 5.41) is 0. The van der Waals surface area contributed by atoms with Gasteiger partial charge in [0.2, 0.25) is 10.0 Å². The van der Waals surface area contributed by atoms with Crippen molar-refractivity contribution in [1.82, 2.24) is 4.31 Å². The molecule has 0 atom stereocenters. The van der Waals surface area contributed by atoms with Gasteiger partial charge in [0, 0.05) is 13.6 Å². The Morgan fingerprint density at radius 1 is 1.26 bits per heavy atom. The predicted octanol–water partition coefficient (Wildman–Crippen LogP) is 1.89. The van der Waals surface area contributed by atoms with Crippen molar-refractivity contribution < 1.29 is 17.9 Å². The van der Waals surface area contributed by atoms with Crippen molar-refractivity contribution in [3.8, 4) is 0 Å². The number of unbranched alkanes of at least 4 members (excludes halogenated alkanes) is 1. The van der Waals surface area contributed by atoms with Gasteiger partial charge in [-0.3, -0.25) is 0 Å². The first-order chi connectivity index (χ1) is 8.93. The molecule has 0 aromatic heterocycles. The van der Waals surface area contributed by atoms with Crippen molar-refractivity contribution in [2.24, 2.45) is 0 Å². The molecule has 19 heavy (non-hydrogen) atoms. The molecule has 0 aliphatic rings. The Hall–Kier alpha value is -1.40. The van der Waals surface area contributed by atoms with Crippen LogP contribution in [-0.2, 0) is 14.8 Å². The second kappa shape index (κ2) is 6.68. The molecule has 0 saturated heterocycles. The quantitative estimate of drug-likeness (QED) is 0.749. The largest absolute Gasteiger partial charge is 0.465 e. The molecule has 0 unspecified atom stereocenters. The number of sulfonamides is 1. The van der Waals surface area contributed by atoms with E-state index in [2.05, 4.69) is 4.74 Å². The molecule has 106 valence electrons. The molecule has 0 radical (unpaired) electrons. The van der Waals surface area contributed by atoms with E-state index in [1.807, 2.05) is 6.92 Å². The van der Waals surface area contributed by atoms with Gasteiger partial charge in [-0.25, -0.2) is 17.5 Å². The number of rotatable bonds is 6. The third-order valence-corrected chi connectivity index (χ3v) is 4.68. The number of ether oxygens (including phenoxy) is 1. The van der Waals surface area contributed by atoms with Crippen LogP contribution in [0.3, 0.4) is 0 Å². The Morgan fingerprint density at radius 2 is 1.84 bits per heavy atom. The maximum absolute atomic E-state index is 12.2. The van der Waals surface area contributed by atoms with Gasteiger partial charge in [-0.15, -0.1) is 0 Å². The van der Waals surface area contributed by atoms with Gasteiger partial charge in [-0.05, 0) is 30.7 Å². The highest BCUT2D eigenvalue weighted by Gasteiger charge is 2.20. The van der Waals surface area contributed by atoms with E-state index in [1.54, 1.807) is 7.05 Å². The summed E-state index contributed by atoms with van der Waals surface area (Å²) < 4.78 is 30.3. The van der Waals surface area contributed by atoms with Crippen molar-refractivity contribution in [1.29, 1.82) is 0 Å². The van der Waals surface area contributed by atoms with Crippen LogP contribution in [0.5, 0.6) is 0 Å². The van der Waals surface area contributed by atoms with Crippen molar-refractivity contribution >= 4 is 16.0 Å². The molecule has 0 N–H and O–H groups in total. The minimum atomic E-state index is -3.48. The number of nitrogens with zero attached hydrogens (tertiary/aromatic N) is 1. The van der Waals surface area contributed by atoms with Gasteiger partial charge in [0.15, 0.2) is 0 Å². The SMILES string of the molecule is CCCCN(C)S(=O)(=O)c1ccc(C(=O)OC)cc1. The molecule has 1 aromatic rings. The Kier molecular flexibility index (Phi) is 5.50. The minimum absolute atomic E-state index is 0.179. The zero-order chi connectivity index (χ0) is 14.5. The lowest BCUT2D eigenvalue weighted by molar-refractivity contribution is 0.0600. The summed E-state index contributed by atoms with van der Waals surface area (Å²) in [6.07, 6.45) is 1.75. The molecule has 0 fully saturated rings. The maximum Gasteiger partial charge on any atom is 0.337 e. The van der Waals surface area contributed by atoms with Crippen LogP contribution < -0.4 is 0 Å². The lowest BCUT2D eigenvalue weighted by atomic mass is 10.2. The molecule has 0 aliphatic heterocycles. The van der Waals surface area contributed by atoms with E-state index in [4.69, 9.17) is 0 Å². The Labute approximate surface area is 114 Å². The Balaban J connectivity index is 2.93. The third kappa shape index (κ3) is 3.78. The smallest absolute Gasteiger partial charge is 0.337 e. The van der Waals surface area contributed by atoms with Crippen molar-refractivity contribution in [2.45, 2.75) is 24.7 Å². The first-order valence-corrected chi connectivity index (χ1v) is 7.52. The van der Waals surface area contributed by atoms with Crippen molar-refractivity contribution in [3.05, 3.63) is 29.8 Å². The van der Waals surface area contributed by atoms with Crippen LogP contribution in [0.1, 0.15) is 30.1 Å². The fourth-order valence-corrected chi connectivity index (χ4v) is 2.77. The van der Waals surface area contributed by atoms with E-state index >= 15 is 0 Å². The molecule has 0 bridgehead atoms. The van der Waals surface area contributed by atoms with Gasteiger partial charge >= 0.3 is 5.97 Å². The molecular weight excluding hydrogens is 266 g/mol. The van der Waals surface area contributed by atoms with Crippen molar-refractivity contribution in [2.75, 3.05) is 20.7 Å². The van der Waals surface area contributed by atoms with Crippen LogP contribution in [-0.4, -0.2) is 39.4 Å². The third-order valence-electron chi connectivity index (χ3n) is 2.81. The van der Waals surface area contributed by atoms with Crippen LogP contribution in [0.4, 0.5) is 0 Å². The normalized spacial score (nSPS) is 11.6. The molecule has 1 aromatic carbocycles. The molecule has 0 saturated carbocycles. The van der Waals surface area contributed by atoms with Crippen molar-refractivity contribution in [3.63, 3.8) is 0 Å². The first kappa shape index (κ1) is 15.7. The minimum Gasteiger partial charge on any atom is -0.465 e. The van der Waals surface area contributed by atoms with Gasteiger partial charge in [-0.2, -0.15) is 0 Å². The van der Waals surface area contributed by atoms with E-state index in [0.717, 1.165) is 12.8 Å². The molecular formula is C13H19NO4S. The fraction of sp³-hybridized carbons (Fsp3) is 0.462. The highest BCUT2D eigenvalue weighted by molar-refractivity contribution is 7.89. The average molecular weight is 285 g/mol. The number of carbonyl (C=O) groups is 1. The van der Waals surface area contributed by atoms with Gasteiger partial charge < -0.3 is 4.74 Å². The molecule has 0 spiro atoms. The summed E-state index contributed by atoms with van der Waals surface area (Å²) in [6.45, 7) is 2.49. The first-order valence-electron chi connectivity index (χ1n) is 6.08. The van der Waals surface area contributed by atoms with Crippen LogP contribution in [0, 0.1) is 0 Å². The van der Waals surface area contributed by atoms with Gasteiger partial charge in [-0.1, -0.05) is 13.3 Å². The zero-order valence-corrected chi connectivity index (χ0v) is 12.2. The molecule has 6 heteroatoms. The highest BCUT2D eigenvalue weighted by atomic mass is 32.2.